The Balaban J connectivity index is 1.83. The number of amides is 2. The van der Waals surface area contributed by atoms with Gasteiger partial charge in [0.05, 0.1) is 18.4 Å². The van der Waals surface area contributed by atoms with E-state index < -0.39 is 5.91 Å². The van der Waals surface area contributed by atoms with E-state index in [1.165, 1.54) is 4.90 Å². The molecule has 2 amide bonds. The van der Waals surface area contributed by atoms with Gasteiger partial charge in [0.1, 0.15) is 11.4 Å². The van der Waals surface area contributed by atoms with Crippen LogP contribution in [0, 0.1) is 20.8 Å². The molecule has 1 N–H and O–H groups in total. The van der Waals surface area contributed by atoms with Crippen molar-refractivity contribution in [3.8, 4) is 5.75 Å². The van der Waals surface area contributed by atoms with Crippen LogP contribution in [0.1, 0.15) is 22.3 Å². The molecule has 0 aromatic heterocycles. The number of carbonyl (C=O) groups excluding carboxylic acids is 2. The van der Waals surface area contributed by atoms with Crippen LogP contribution in [0.15, 0.2) is 66.4 Å². The minimum absolute atomic E-state index is 0.208. The molecule has 1 heterocycles. The van der Waals surface area contributed by atoms with E-state index in [9.17, 15) is 9.59 Å². The van der Waals surface area contributed by atoms with Crippen molar-refractivity contribution < 1.29 is 14.3 Å². The monoisotopic (exact) mass is 446 g/mol. The summed E-state index contributed by atoms with van der Waals surface area (Å²) in [6, 6.07) is 18.2. The fourth-order valence-corrected chi connectivity index (χ4v) is 3.94. The minimum atomic E-state index is -0.413. The number of rotatable bonds is 5. The highest BCUT2D eigenvalue weighted by Gasteiger charge is 2.40. The topological polar surface area (TPSA) is 58.6 Å². The van der Waals surface area contributed by atoms with Crippen LogP contribution in [-0.4, -0.2) is 18.9 Å². The highest BCUT2D eigenvalue weighted by molar-refractivity contribution is 6.46. The number of methoxy groups -OCH3 is 1. The summed E-state index contributed by atoms with van der Waals surface area (Å²) in [5, 5.41) is 3.72. The van der Waals surface area contributed by atoms with Crippen LogP contribution in [0.2, 0.25) is 5.02 Å². The van der Waals surface area contributed by atoms with Gasteiger partial charge in [-0.05, 0) is 67.8 Å². The van der Waals surface area contributed by atoms with Crippen molar-refractivity contribution in [2.24, 2.45) is 0 Å². The fourth-order valence-electron chi connectivity index (χ4n) is 3.76. The van der Waals surface area contributed by atoms with E-state index in [4.69, 9.17) is 16.3 Å². The molecule has 0 unspecified atom stereocenters. The molecule has 4 rings (SSSR count). The molecule has 32 heavy (non-hydrogen) atoms. The molecule has 6 heteroatoms. The molecule has 0 radical (unpaired) electrons. The van der Waals surface area contributed by atoms with Gasteiger partial charge in [0.25, 0.3) is 11.8 Å². The largest absolute Gasteiger partial charge is 0.497 e. The van der Waals surface area contributed by atoms with Crippen molar-refractivity contribution in [1.29, 1.82) is 0 Å². The molecule has 1 aliphatic rings. The van der Waals surface area contributed by atoms with Crippen LogP contribution in [0.25, 0.3) is 5.57 Å². The van der Waals surface area contributed by atoms with Gasteiger partial charge in [-0.2, -0.15) is 0 Å². The first-order valence-corrected chi connectivity index (χ1v) is 10.6. The minimum Gasteiger partial charge on any atom is -0.497 e. The smallest absolute Gasteiger partial charge is 0.282 e. The van der Waals surface area contributed by atoms with E-state index in [1.807, 2.05) is 45.0 Å². The number of hydrogen-bond acceptors (Lipinski definition) is 4. The van der Waals surface area contributed by atoms with Gasteiger partial charge < -0.3 is 10.1 Å². The normalized spacial score (nSPS) is 13.7. The first-order valence-electron chi connectivity index (χ1n) is 10.2. The summed E-state index contributed by atoms with van der Waals surface area (Å²) in [7, 11) is 1.58. The summed E-state index contributed by atoms with van der Waals surface area (Å²) in [4.78, 5) is 28.4. The predicted molar refractivity (Wildman–Crippen MR) is 128 cm³/mol. The number of benzene rings is 3. The fraction of sp³-hybridized carbons (Fsp3) is 0.154. The van der Waals surface area contributed by atoms with Gasteiger partial charge in [0, 0.05) is 10.7 Å². The summed E-state index contributed by atoms with van der Waals surface area (Å²) < 4.78 is 5.24. The molecule has 0 saturated heterocycles. The van der Waals surface area contributed by atoms with Crippen molar-refractivity contribution in [2.75, 3.05) is 17.3 Å². The molecule has 3 aromatic rings. The number of halogens is 1. The second kappa shape index (κ2) is 8.52. The van der Waals surface area contributed by atoms with Gasteiger partial charge in [0.2, 0.25) is 0 Å². The van der Waals surface area contributed by atoms with Gasteiger partial charge in [-0.3, -0.25) is 9.59 Å². The Bertz CT molecular complexity index is 1260. The maximum absolute atomic E-state index is 13.6. The molecule has 3 aromatic carbocycles. The van der Waals surface area contributed by atoms with E-state index in [1.54, 1.807) is 43.5 Å². The number of carbonyl (C=O) groups is 2. The van der Waals surface area contributed by atoms with Crippen molar-refractivity contribution in [1.82, 2.24) is 0 Å². The zero-order valence-corrected chi connectivity index (χ0v) is 19.1. The molecule has 0 fully saturated rings. The lowest BCUT2D eigenvalue weighted by Crippen LogP contribution is -2.33. The number of anilines is 2. The van der Waals surface area contributed by atoms with Crippen molar-refractivity contribution in [2.45, 2.75) is 20.8 Å². The summed E-state index contributed by atoms with van der Waals surface area (Å²) in [5.74, 6) is -0.130. The van der Waals surface area contributed by atoms with Crippen molar-refractivity contribution in [3.63, 3.8) is 0 Å². The average Bonchev–Trinajstić information content (AvgIpc) is 3.00. The lowest BCUT2D eigenvalue weighted by Gasteiger charge is -2.18. The quantitative estimate of drug-likeness (QED) is 0.513. The van der Waals surface area contributed by atoms with E-state index >= 15 is 0 Å². The Labute approximate surface area is 192 Å². The van der Waals surface area contributed by atoms with E-state index in [0.29, 0.717) is 33.3 Å². The summed E-state index contributed by atoms with van der Waals surface area (Å²) in [6.45, 7) is 5.76. The molecule has 0 saturated carbocycles. The van der Waals surface area contributed by atoms with Crippen LogP contribution in [-0.2, 0) is 9.59 Å². The lowest BCUT2D eigenvalue weighted by molar-refractivity contribution is -0.120. The zero-order chi connectivity index (χ0) is 23.0. The van der Waals surface area contributed by atoms with Crippen LogP contribution in [0.3, 0.4) is 0 Å². The van der Waals surface area contributed by atoms with E-state index in [-0.39, 0.29) is 11.6 Å². The standard InChI is InChI=1S/C26H23ClN2O3/c1-15-5-12-22(17(3)13-15)29-25(30)23(18-7-10-20(32-4)11-8-18)24(26(29)31)28-19-9-6-16(2)21(27)14-19/h5-14,28H,1-4H3. The maximum atomic E-state index is 13.6. The van der Waals surface area contributed by atoms with Gasteiger partial charge in [-0.1, -0.05) is 47.5 Å². The van der Waals surface area contributed by atoms with Gasteiger partial charge >= 0.3 is 0 Å². The third-order valence-electron chi connectivity index (χ3n) is 5.50. The van der Waals surface area contributed by atoms with Gasteiger partial charge in [-0.25, -0.2) is 4.90 Å². The number of hydrogen-bond donors (Lipinski definition) is 1. The first-order chi connectivity index (χ1) is 15.3. The van der Waals surface area contributed by atoms with Crippen LogP contribution >= 0.6 is 11.6 Å². The molecule has 0 aliphatic carbocycles. The average molecular weight is 447 g/mol. The highest BCUT2D eigenvalue weighted by Crippen LogP contribution is 2.36. The molecule has 162 valence electrons. The lowest BCUT2D eigenvalue weighted by atomic mass is 10.0. The van der Waals surface area contributed by atoms with Crippen LogP contribution in [0.5, 0.6) is 5.75 Å². The Morgan fingerprint density at radius 3 is 2.19 bits per heavy atom. The van der Waals surface area contributed by atoms with Crippen molar-refractivity contribution in [3.05, 3.63) is 93.6 Å². The molecule has 5 nitrogen and oxygen atoms in total. The van der Waals surface area contributed by atoms with Crippen LogP contribution in [0.4, 0.5) is 11.4 Å². The molecule has 0 spiro atoms. The van der Waals surface area contributed by atoms with E-state index in [2.05, 4.69) is 5.32 Å². The van der Waals surface area contributed by atoms with E-state index in [0.717, 1.165) is 16.7 Å². The summed E-state index contributed by atoms with van der Waals surface area (Å²) in [5.41, 5.74) is 5.15. The summed E-state index contributed by atoms with van der Waals surface area (Å²) >= 11 is 6.28. The number of aryl methyl sites for hydroxylation is 3. The third-order valence-corrected chi connectivity index (χ3v) is 5.90. The molecular formula is C26H23ClN2O3. The number of nitrogens with one attached hydrogen (secondary N) is 1. The predicted octanol–water partition coefficient (Wildman–Crippen LogP) is 5.67. The van der Waals surface area contributed by atoms with Gasteiger partial charge in [0.15, 0.2) is 0 Å². The van der Waals surface area contributed by atoms with Crippen LogP contribution < -0.4 is 15.0 Å². The molecular weight excluding hydrogens is 424 g/mol. The Morgan fingerprint density at radius 2 is 1.56 bits per heavy atom. The highest BCUT2D eigenvalue weighted by atomic mass is 35.5. The Kier molecular flexibility index (Phi) is 5.76. The molecule has 0 bridgehead atoms. The second-order valence-corrected chi connectivity index (χ2v) is 8.21. The molecule has 0 atom stereocenters. The number of ether oxygens (including phenoxy) is 1. The Hall–Kier alpha value is -3.57. The second-order valence-electron chi connectivity index (χ2n) is 7.80. The molecule has 1 aliphatic heterocycles. The SMILES string of the molecule is COc1ccc(C2=C(Nc3ccc(C)c(Cl)c3)C(=O)N(c3ccc(C)cc3C)C2=O)cc1. The Morgan fingerprint density at radius 1 is 0.844 bits per heavy atom. The third kappa shape index (κ3) is 3.87. The van der Waals surface area contributed by atoms with Gasteiger partial charge in [-0.15, -0.1) is 0 Å². The maximum Gasteiger partial charge on any atom is 0.282 e. The number of nitrogens with zero attached hydrogens (tertiary/aromatic N) is 1. The van der Waals surface area contributed by atoms with Crippen molar-refractivity contribution >= 4 is 40.4 Å². The zero-order valence-electron chi connectivity index (χ0n) is 18.3. The summed E-state index contributed by atoms with van der Waals surface area (Å²) in [6.07, 6.45) is 0. The first kappa shape index (κ1) is 21.7. The number of imide groups is 1.